The highest BCUT2D eigenvalue weighted by Gasteiger charge is 2.22. The molecule has 1 aliphatic carbocycles. The summed E-state index contributed by atoms with van der Waals surface area (Å²) >= 11 is 0. The molecule has 0 aromatic carbocycles. The van der Waals surface area contributed by atoms with Crippen LogP contribution < -0.4 is 5.32 Å². The highest BCUT2D eigenvalue weighted by molar-refractivity contribution is 5.25. The van der Waals surface area contributed by atoms with Crippen LogP contribution >= 0.6 is 0 Å². The van der Waals surface area contributed by atoms with Crippen LogP contribution in [0.4, 0.5) is 0 Å². The molecule has 14 heavy (non-hydrogen) atoms. The first-order valence-corrected chi connectivity index (χ1v) is 5.56. The van der Waals surface area contributed by atoms with Crippen molar-refractivity contribution in [3.05, 3.63) is 17.5 Å². The van der Waals surface area contributed by atoms with E-state index in [0.29, 0.717) is 5.92 Å². The maximum absolute atomic E-state index is 4.44. The number of hydrogen-bond acceptors (Lipinski definition) is 2. The minimum Gasteiger partial charge on any atom is -0.319 e. The first-order chi connectivity index (χ1) is 6.86. The fourth-order valence-corrected chi connectivity index (χ4v) is 2.44. The van der Waals surface area contributed by atoms with E-state index < -0.39 is 0 Å². The molecule has 1 heterocycles. The summed E-state index contributed by atoms with van der Waals surface area (Å²) in [6, 6.07) is 0. The van der Waals surface area contributed by atoms with Crippen LogP contribution in [-0.4, -0.2) is 23.4 Å². The molecule has 0 spiro atoms. The van der Waals surface area contributed by atoms with Crippen molar-refractivity contribution in [3.8, 4) is 0 Å². The van der Waals surface area contributed by atoms with Crippen molar-refractivity contribution in [1.82, 2.24) is 15.1 Å². The van der Waals surface area contributed by atoms with E-state index in [9.17, 15) is 0 Å². The molecule has 0 amide bonds. The van der Waals surface area contributed by atoms with Crippen molar-refractivity contribution in [2.45, 2.75) is 38.6 Å². The molecule has 0 fully saturated rings. The SMILES string of the molecule is CCn1ncc2c1CCCC2CNC. The molecule has 1 aromatic rings. The molecule has 2 rings (SSSR count). The lowest BCUT2D eigenvalue weighted by molar-refractivity contribution is 0.506. The summed E-state index contributed by atoms with van der Waals surface area (Å²) < 4.78 is 2.15. The summed E-state index contributed by atoms with van der Waals surface area (Å²) in [6.45, 7) is 4.25. The van der Waals surface area contributed by atoms with Gasteiger partial charge in [-0.1, -0.05) is 0 Å². The summed E-state index contributed by atoms with van der Waals surface area (Å²) in [5.74, 6) is 0.684. The fraction of sp³-hybridized carbons (Fsp3) is 0.727. The summed E-state index contributed by atoms with van der Waals surface area (Å²) in [6.07, 6.45) is 5.90. The Morgan fingerprint density at radius 3 is 3.21 bits per heavy atom. The average Bonchev–Trinajstić information content (AvgIpc) is 2.62. The van der Waals surface area contributed by atoms with Gasteiger partial charge in [0.05, 0.1) is 6.20 Å². The lowest BCUT2D eigenvalue weighted by Crippen LogP contribution is -2.21. The Labute approximate surface area is 85.5 Å². The van der Waals surface area contributed by atoms with Gasteiger partial charge in [0.2, 0.25) is 0 Å². The Bertz CT molecular complexity index is 303. The third-order valence-electron chi connectivity index (χ3n) is 3.14. The number of aromatic nitrogens is 2. The van der Waals surface area contributed by atoms with Gasteiger partial charge < -0.3 is 5.32 Å². The molecule has 1 atom stereocenters. The van der Waals surface area contributed by atoms with E-state index in [2.05, 4.69) is 28.2 Å². The van der Waals surface area contributed by atoms with Crippen LogP contribution in [0.3, 0.4) is 0 Å². The minimum atomic E-state index is 0.684. The molecule has 1 unspecified atom stereocenters. The van der Waals surface area contributed by atoms with Gasteiger partial charge in [0, 0.05) is 18.8 Å². The van der Waals surface area contributed by atoms with Crippen molar-refractivity contribution in [2.24, 2.45) is 0 Å². The average molecular weight is 193 g/mol. The van der Waals surface area contributed by atoms with E-state index >= 15 is 0 Å². The molecule has 78 valence electrons. The predicted molar refractivity (Wildman–Crippen MR) is 57.5 cm³/mol. The van der Waals surface area contributed by atoms with Crippen molar-refractivity contribution in [2.75, 3.05) is 13.6 Å². The normalized spacial score (nSPS) is 20.9. The molecular weight excluding hydrogens is 174 g/mol. The summed E-state index contributed by atoms with van der Waals surface area (Å²) in [7, 11) is 2.03. The van der Waals surface area contributed by atoms with Gasteiger partial charge in [-0.15, -0.1) is 0 Å². The third kappa shape index (κ3) is 1.57. The minimum absolute atomic E-state index is 0.684. The molecule has 0 radical (unpaired) electrons. The van der Waals surface area contributed by atoms with Crippen LogP contribution in [0, 0.1) is 0 Å². The van der Waals surface area contributed by atoms with Gasteiger partial charge in [-0.3, -0.25) is 4.68 Å². The van der Waals surface area contributed by atoms with E-state index in [0.717, 1.165) is 13.1 Å². The largest absolute Gasteiger partial charge is 0.319 e. The zero-order valence-electron chi connectivity index (χ0n) is 9.08. The zero-order chi connectivity index (χ0) is 9.97. The first-order valence-electron chi connectivity index (χ1n) is 5.56. The molecule has 0 saturated heterocycles. The molecule has 0 aliphatic heterocycles. The molecular formula is C11H19N3. The van der Waals surface area contributed by atoms with E-state index in [4.69, 9.17) is 0 Å². The Hall–Kier alpha value is -0.830. The molecule has 0 bridgehead atoms. The second-order valence-electron chi connectivity index (χ2n) is 4.01. The topological polar surface area (TPSA) is 29.9 Å². The maximum atomic E-state index is 4.44. The molecule has 1 aromatic heterocycles. The monoisotopic (exact) mass is 193 g/mol. The van der Waals surface area contributed by atoms with Crippen LogP contribution in [0.1, 0.15) is 36.9 Å². The predicted octanol–water partition coefficient (Wildman–Crippen LogP) is 1.54. The molecule has 0 saturated carbocycles. The summed E-state index contributed by atoms with van der Waals surface area (Å²) in [4.78, 5) is 0. The van der Waals surface area contributed by atoms with Crippen LogP contribution in [0.5, 0.6) is 0 Å². The van der Waals surface area contributed by atoms with Gasteiger partial charge in [0.25, 0.3) is 0 Å². The highest BCUT2D eigenvalue weighted by atomic mass is 15.3. The third-order valence-corrected chi connectivity index (χ3v) is 3.14. The second-order valence-corrected chi connectivity index (χ2v) is 4.01. The first kappa shape index (κ1) is 9.71. The number of hydrogen-bond donors (Lipinski definition) is 1. The van der Waals surface area contributed by atoms with E-state index in [1.807, 2.05) is 7.05 Å². The Kier molecular flexibility index (Phi) is 2.87. The molecule has 1 N–H and O–H groups in total. The van der Waals surface area contributed by atoms with Crippen LogP contribution in [-0.2, 0) is 13.0 Å². The van der Waals surface area contributed by atoms with Gasteiger partial charge in [-0.25, -0.2) is 0 Å². The smallest absolute Gasteiger partial charge is 0.0527 e. The Balaban J connectivity index is 2.26. The number of fused-ring (bicyclic) bond motifs is 1. The van der Waals surface area contributed by atoms with Gasteiger partial charge >= 0.3 is 0 Å². The van der Waals surface area contributed by atoms with Crippen molar-refractivity contribution in [3.63, 3.8) is 0 Å². The fourth-order valence-electron chi connectivity index (χ4n) is 2.44. The maximum Gasteiger partial charge on any atom is 0.0527 e. The highest BCUT2D eigenvalue weighted by Crippen LogP contribution is 2.30. The van der Waals surface area contributed by atoms with Gasteiger partial charge in [0.1, 0.15) is 0 Å². The van der Waals surface area contributed by atoms with Crippen LogP contribution in [0.15, 0.2) is 6.20 Å². The van der Waals surface area contributed by atoms with E-state index in [1.165, 1.54) is 30.5 Å². The number of nitrogens with zero attached hydrogens (tertiary/aromatic N) is 2. The van der Waals surface area contributed by atoms with Gasteiger partial charge in [0.15, 0.2) is 0 Å². The van der Waals surface area contributed by atoms with Crippen molar-refractivity contribution >= 4 is 0 Å². The van der Waals surface area contributed by atoms with Crippen LogP contribution in [0.2, 0.25) is 0 Å². The number of nitrogens with one attached hydrogen (secondary N) is 1. The van der Waals surface area contributed by atoms with Gasteiger partial charge in [-0.05, 0) is 44.7 Å². The molecule has 3 nitrogen and oxygen atoms in total. The Morgan fingerprint density at radius 1 is 1.64 bits per heavy atom. The summed E-state index contributed by atoms with van der Waals surface area (Å²) in [5, 5.41) is 7.71. The summed E-state index contributed by atoms with van der Waals surface area (Å²) in [5.41, 5.74) is 2.95. The number of rotatable bonds is 3. The Morgan fingerprint density at radius 2 is 2.50 bits per heavy atom. The molecule has 1 aliphatic rings. The lowest BCUT2D eigenvalue weighted by atomic mass is 9.87. The lowest BCUT2D eigenvalue weighted by Gasteiger charge is -2.22. The number of aryl methyl sites for hydroxylation is 1. The van der Waals surface area contributed by atoms with E-state index in [-0.39, 0.29) is 0 Å². The van der Waals surface area contributed by atoms with Gasteiger partial charge in [-0.2, -0.15) is 5.10 Å². The van der Waals surface area contributed by atoms with Crippen molar-refractivity contribution in [1.29, 1.82) is 0 Å². The second kappa shape index (κ2) is 4.13. The zero-order valence-corrected chi connectivity index (χ0v) is 9.08. The standard InChI is InChI=1S/C11H19N3/c1-3-14-11-6-4-5-9(7-12-2)10(11)8-13-14/h8-9,12H,3-7H2,1-2H3. The van der Waals surface area contributed by atoms with Crippen LogP contribution in [0.25, 0.3) is 0 Å². The van der Waals surface area contributed by atoms with Crippen molar-refractivity contribution < 1.29 is 0 Å². The number of likely N-dealkylation sites (N-methyl/N-ethyl adjacent to an activating group) is 1. The quantitative estimate of drug-likeness (QED) is 0.789. The molecule has 3 heteroatoms. The van der Waals surface area contributed by atoms with E-state index in [1.54, 1.807) is 0 Å².